The van der Waals surface area contributed by atoms with Crippen molar-refractivity contribution in [2.24, 2.45) is 5.10 Å². The first-order chi connectivity index (χ1) is 14.4. The Labute approximate surface area is 185 Å². The van der Waals surface area contributed by atoms with E-state index < -0.39 is 17.6 Å². The summed E-state index contributed by atoms with van der Waals surface area (Å²) >= 11 is 6.44. The maximum absolute atomic E-state index is 12.8. The van der Waals surface area contributed by atoms with Crippen LogP contribution in [0.25, 0.3) is 0 Å². The van der Waals surface area contributed by atoms with Gasteiger partial charge in [-0.05, 0) is 55.5 Å². The second-order valence-electron chi connectivity index (χ2n) is 8.58. The molecular weight excluding hydrogens is 427 g/mol. The Balaban J connectivity index is 1.71. The van der Waals surface area contributed by atoms with Crippen LogP contribution in [-0.2, 0) is 17.4 Å². The minimum absolute atomic E-state index is 0.0166. The third-order valence-corrected chi connectivity index (χ3v) is 6.09. The predicted molar refractivity (Wildman–Crippen MR) is 118 cm³/mol. The van der Waals surface area contributed by atoms with E-state index in [2.05, 4.69) is 36.2 Å². The molecule has 1 aliphatic rings. The Hall–Kier alpha value is -2.54. The summed E-state index contributed by atoms with van der Waals surface area (Å²) in [6.07, 6.45) is -2.22. The SMILES string of the molecule is C[C@H]1CC(C)(C)N(C)c2cc(Cl)c(/C=N/NC(=O)Cc3cccc(C(F)(F)F)c3)cc21. The van der Waals surface area contributed by atoms with Crippen molar-refractivity contribution in [3.63, 3.8) is 0 Å². The first-order valence-corrected chi connectivity index (χ1v) is 10.3. The van der Waals surface area contributed by atoms with E-state index in [0.717, 1.165) is 29.8 Å². The molecule has 0 bridgehead atoms. The van der Waals surface area contributed by atoms with Crippen LogP contribution in [0.1, 0.15) is 55.4 Å². The summed E-state index contributed by atoms with van der Waals surface area (Å²) in [6.45, 7) is 6.55. The summed E-state index contributed by atoms with van der Waals surface area (Å²) in [6, 6.07) is 8.55. The second kappa shape index (κ2) is 8.54. The van der Waals surface area contributed by atoms with Gasteiger partial charge < -0.3 is 4.90 Å². The Morgan fingerprint density at radius 2 is 2.03 bits per heavy atom. The third kappa shape index (κ3) is 5.21. The molecule has 1 atom stereocenters. The topological polar surface area (TPSA) is 44.7 Å². The van der Waals surface area contributed by atoms with E-state index >= 15 is 0 Å². The van der Waals surface area contributed by atoms with Crippen LogP contribution in [-0.4, -0.2) is 24.7 Å². The Bertz CT molecular complexity index is 1020. The number of halogens is 4. The molecule has 0 unspecified atom stereocenters. The monoisotopic (exact) mass is 451 g/mol. The van der Waals surface area contributed by atoms with E-state index in [0.29, 0.717) is 16.5 Å². The fraction of sp³-hybridized carbons (Fsp3) is 0.391. The van der Waals surface area contributed by atoms with Crippen LogP contribution in [0.2, 0.25) is 5.02 Å². The molecule has 8 heteroatoms. The molecule has 0 aliphatic carbocycles. The Morgan fingerprint density at radius 1 is 1.32 bits per heavy atom. The summed E-state index contributed by atoms with van der Waals surface area (Å²) in [5, 5.41) is 4.45. The number of anilines is 1. The molecule has 0 aromatic heterocycles. The molecule has 1 amide bonds. The molecule has 0 saturated heterocycles. The average Bonchev–Trinajstić information content (AvgIpc) is 2.66. The average molecular weight is 452 g/mol. The second-order valence-corrected chi connectivity index (χ2v) is 8.98. The highest BCUT2D eigenvalue weighted by Gasteiger charge is 2.34. The fourth-order valence-corrected chi connectivity index (χ4v) is 4.17. The minimum atomic E-state index is -4.45. The molecule has 4 nitrogen and oxygen atoms in total. The molecule has 0 saturated carbocycles. The van der Waals surface area contributed by atoms with Crippen LogP contribution in [0.3, 0.4) is 0 Å². The van der Waals surface area contributed by atoms with Crippen molar-refractivity contribution < 1.29 is 18.0 Å². The van der Waals surface area contributed by atoms with E-state index in [1.165, 1.54) is 18.3 Å². The Morgan fingerprint density at radius 3 is 2.71 bits per heavy atom. The zero-order valence-electron chi connectivity index (χ0n) is 17.8. The number of hydrogen-bond acceptors (Lipinski definition) is 3. The van der Waals surface area contributed by atoms with Crippen LogP contribution < -0.4 is 10.3 Å². The number of carbonyl (C=O) groups excluding carboxylic acids is 1. The van der Waals surface area contributed by atoms with Gasteiger partial charge in [0.25, 0.3) is 0 Å². The smallest absolute Gasteiger partial charge is 0.369 e. The van der Waals surface area contributed by atoms with Gasteiger partial charge in [0.2, 0.25) is 5.91 Å². The highest BCUT2D eigenvalue weighted by molar-refractivity contribution is 6.33. The van der Waals surface area contributed by atoms with Crippen LogP contribution in [0.4, 0.5) is 18.9 Å². The molecule has 0 spiro atoms. The summed E-state index contributed by atoms with van der Waals surface area (Å²) in [7, 11) is 2.04. The number of benzene rings is 2. The van der Waals surface area contributed by atoms with Crippen molar-refractivity contribution in [1.29, 1.82) is 0 Å². The third-order valence-electron chi connectivity index (χ3n) is 5.76. The molecule has 1 heterocycles. The fourth-order valence-electron chi connectivity index (χ4n) is 3.96. The zero-order chi connectivity index (χ0) is 23.0. The largest absolute Gasteiger partial charge is 0.416 e. The quantitative estimate of drug-likeness (QED) is 0.473. The van der Waals surface area contributed by atoms with Crippen molar-refractivity contribution >= 4 is 29.4 Å². The van der Waals surface area contributed by atoms with Crippen LogP contribution in [0.15, 0.2) is 41.5 Å². The number of fused-ring (bicyclic) bond motifs is 1. The van der Waals surface area contributed by atoms with Crippen molar-refractivity contribution in [2.75, 3.05) is 11.9 Å². The van der Waals surface area contributed by atoms with E-state index in [1.54, 1.807) is 0 Å². The lowest BCUT2D eigenvalue weighted by Crippen LogP contribution is -2.45. The van der Waals surface area contributed by atoms with Gasteiger partial charge in [-0.15, -0.1) is 0 Å². The van der Waals surface area contributed by atoms with Crippen LogP contribution in [0.5, 0.6) is 0 Å². The Kier molecular flexibility index (Phi) is 6.37. The van der Waals surface area contributed by atoms with E-state index in [1.807, 2.05) is 19.2 Å². The van der Waals surface area contributed by atoms with Gasteiger partial charge >= 0.3 is 6.18 Å². The lowest BCUT2D eigenvalue weighted by Gasteiger charge is -2.45. The minimum Gasteiger partial charge on any atom is -0.369 e. The molecular formula is C23H25ClF3N3O. The summed E-state index contributed by atoms with van der Waals surface area (Å²) in [5.41, 5.74) is 4.74. The molecule has 31 heavy (non-hydrogen) atoms. The van der Waals surface area contributed by atoms with Crippen molar-refractivity contribution in [2.45, 2.75) is 51.2 Å². The normalized spacial score (nSPS) is 18.2. The maximum atomic E-state index is 12.8. The van der Waals surface area contributed by atoms with Gasteiger partial charge in [0, 0.05) is 23.8 Å². The standard InChI is InChI=1S/C23H25ClF3N3O/c1-14-12-22(2,3)30(4)20-11-19(24)16(10-18(14)20)13-28-29-21(31)9-15-6-5-7-17(8-15)23(25,26)27/h5-8,10-11,13-14H,9,12H2,1-4H3,(H,29,31)/b28-13+/t14-/m0/s1. The lowest BCUT2D eigenvalue weighted by molar-refractivity contribution is -0.137. The highest BCUT2D eigenvalue weighted by atomic mass is 35.5. The number of amides is 1. The number of carbonyl (C=O) groups is 1. The molecule has 2 aromatic carbocycles. The number of nitrogens with one attached hydrogen (secondary N) is 1. The van der Waals surface area contributed by atoms with Gasteiger partial charge in [-0.25, -0.2) is 5.43 Å². The molecule has 0 radical (unpaired) electrons. The van der Waals surface area contributed by atoms with E-state index in [9.17, 15) is 18.0 Å². The van der Waals surface area contributed by atoms with Gasteiger partial charge in [0.15, 0.2) is 0 Å². The number of hydrogen-bond donors (Lipinski definition) is 1. The van der Waals surface area contributed by atoms with Gasteiger partial charge in [-0.2, -0.15) is 18.3 Å². The molecule has 0 fully saturated rings. The first kappa shape index (κ1) is 23.1. The molecule has 2 aromatic rings. The summed E-state index contributed by atoms with van der Waals surface area (Å²) in [4.78, 5) is 14.3. The van der Waals surface area contributed by atoms with Gasteiger partial charge in [-0.1, -0.05) is 36.7 Å². The lowest BCUT2D eigenvalue weighted by atomic mass is 9.80. The van der Waals surface area contributed by atoms with Gasteiger partial charge in [-0.3, -0.25) is 4.79 Å². The molecule has 1 aliphatic heterocycles. The highest BCUT2D eigenvalue weighted by Crippen LogP contribution is 2.44. The number of hydrazone groups is 1. The van der Waals surface area contributed by atoms with Crippen LogP contribution >= 0.6 is 11.6 Å². The summed E-state index contributed by atoms with van der Waals surface area (Å²) in [5.74, 6) is -0.180. The van der Waals surface area contributed by atoms with E-state index in [-0.39, 0.29) is 17.5 Å². The molecule has 166 valence electrons. The van der Waals surface area contributed by atoms with Crippen molar-refractivity contribution in [1.82, 2.24) is 5.43 Å². The van der Waals surface area contributed by atoms with Crippen molar-refractivity contribution in [3.8, 4) is 0 Å². The first-order valence-electron chi connectivity index (χ1n) is 9.94. The molecule has 3 rings (SSSR count). The summed E-state index contributed by atoms with van der Waals surface area (Å²) < 4.78 is 38.4. The zero-order valence-corrected chi connectivity index (χ0v) is 18.6. The predicted octanol–water partition coefficient (Wildman–Crippen LogP) is 5.77. The van der Waals surface area contributed by atoms with Gasteiger partial charge in [0.1, 0.15) is 0 Å². The number of rotatable bonds is 4. The van der Waals surface area contributed by atoms with Crippen LogP contribution in [0, 0.1) is 0 Å². The van der Waals surface area contributed by atoms with Crippen molar-refractivity contribution in [3.05, 3.63) is 63.7 Å². The number of alkyl halides is 3. The number of nitrogens with zero attached hydrogens (tertiary/aromatic N) is 2. The molecule has 1 N–H and O–H groups in total. The van der Waals surface area contributed by atoms with Gasteiger partial charge in [0.05, 0.1) is 23.2 Å². The van der Waals surface area contributed by atoms with E-state index in [4.69, 9.17) is 11.6 Å². The maximum Gasteiger partial charge on any atom is 0.416 e.